The molecule has 3 rings (SSSR count). The summed E-state index contributed by atoms with van der Waals surface area (Å²) in [5.41, 5.74) is 1.37. The Balaban J connectivity index is 1.70. The van der Waals surface area contributed by atoms with E-state index in [0.717, 1.165) is 32.9 Å². The molecule has 2 heterocycles. The van der Waals surface area contributed by atoms with Crippen molar-refractivity contribution in [1.82, 2.24) is 4.90 Å². The van der Waals surface area contributed by atoms with Crippen LogP contribution in [0.5, 0.6) is 0 Å². The highest BCUT2D eigenvalue weighted by Crippen LogP contribution is 2.22. The Morgan fingerprint density at radius 3 is 2.94 bits per heavy atom. The van der Waals surface area contributed by atoms with Gasteiger partial charge in [-0.05, 0) is 5.56 Å². The normalized spacial score (nSPS) is 30.2. The molecular weight excluding hydrogens is 202 g/mol. The Morgan fingerprint density at radius 2 is 2.06 bits per heavy atom. The maximum Gasteiger partial charge on any atom is 0.0986 e. The quantitative estimate of drug-likeness (QED) is 0.748. The molecule has 2 atom stereocenters. The van der Waals surface area contributed by atoms with Gasteiger partial charge >= 0.3 is 0 Å². The lowest BCUT2D eigenvalue weighted by Crippen LogP contribution is -2.50. The van der Waals surface area contributed by atoms with Gasteiger partial charge in [-0.2, -0.15) is 0 Å². The van der Waals surface area contributed by atoms with Crippen LogP contribution in [0.25, 0.3) is 0 Å². The van der Waals surface area contributed by atoms with E-state index >= 15 is 0 Å². The lowest BCUT2D eigenvalue weighted by molar-refractivity contribution is -0.0511. The van der Waals surface area contributed by atoms with Crippen LogP contribution in [0, 0.1) is 0 Å². The molecule has 2 saturated heterocycles. The molecule has 0 amide bonds. The van der Waals surface area contributed by atoms with Gasteiger partial charge in [0.1, 0.15) is 0 Å². The molecule has 0 bridgehead atoms. The van der Waals surface area contributed by atoms with E-state index in [4.69, 9.17) is 9.47 Å². The van der Waals surface area contributed by atoms with Gasteiger partial charge in [-0.1, -0.05) is 30.3 Å². The number of hydrogen-bond donors (Lipinski definition) is 0. The number of rotatable bonds is 2. The second kappa shape index (κ2) is 4.53. The zero-order valence-corrected chi connectivity index (χ0v) is 9.34. The topological polar surface area (TPSA) is 21.7 Å². The zero-order valence-electron chi connectivity index (χ0n) is 9.34. The standard InChI is InChI=1S/C13H17NO2/c1-2-4-11(5-3-1)8-14-6-7-16-13-10-15-9-12(13)14/h1-5,12-13H,6-10H2/t12-,13+/m1/s1. The highest BCUT2D eigenvalue weighted by atomic mass is 16.6. The summed E-state index contributed by atoms with van der Waals surface area (Å²) in [6.07, 6.45) is 0.289. The average Bonchev–Trinajstić information content (AvgIpc) is 2.80. The van der Waals surface area contributed by atoms with Gasteiger partial charge in [0.25, 0.3) is 0 Å². The number of morpholine rings is 1. The summed E-state index contributed by atoms with van der Waals surface area (Å²) < 4.78 is 11.2. The molecule has 2 fully saturated rings. The summed E-state index contributed by atoms with van der Waals surface area (Å²) in [5.74, 6) is 0. The SMILES string of the molecule is c1ccc(CN2CCO[C@H]3COC[C@H]32)cc1. The number of ether oxygens (including phenoxy) is 2. The maximum absolute atomic E-state index is 5.70. The molecule has 0 radical (unpaired) electrons. The van der Waals surface area contributed by atoms with Crippen LogP contribution in [-0.4, -0.2) is 43.4 Å². The van der Waals surface area contributed by atoms with E-state index < -0.39 is 0 Å². The van der Waals surface area contributed by atoms with Crippen LogP contribution < -0.4 is 0 Å². The Kier molecular flexibility index (Phi) is 2.91. The first-order valence-electron chi connectivity index (χ1n) is 5.91. The lowest BCUT2D eigenvalue weighted by atomic mass is 10.1. The lowest BCUT2D eigenvalue weighted by Gasteiger charge is -2.36. The van der Waals surface area contributed by atoms with Gasteiger partial charge in [0.15, 0.2) is 0 Å². The molecule has 3 nitrogen and oxygen atoms in total. The summed E-state index contributed by atoms with van der Waals surface area (Å²) in [4.78, 5) is 2.48. The van der Waals surface area contributed by atoms with Crippen LogP contribution in [0.3, 0.4) is 0 Å². The number of hydrogen-bond acceptors (Lipinski definition) is 3. The van der Waals surface area contributed by atoms with Gasteiger partial charge in [0, 0.05) is 13.1 Å². The van der Waals surface area contributed by atoms with E-state index in [1.54, 1.807) is 0 Å². The molecule has 0 unspecified atom stereocenters. The van der Waals surface area contributed by atoms with E-state index in [1.807, 2.05) is 0 Å². The average molecular weight is 219 g/mol. The second-order valence-electron chi connectivity index (χ2n) is 4.47. The Morgan fingerprint density at radius 1 is 1.19 bits per heavy atom. The smallest absolute Gasteiger partial charge is 0.0986 e. The third-order valence-corrected chi connectivity index (χ3v) is 3.41. The molecule has 0 aromatic heterocycles. The Labute approximate surface area is 96.0 Å². The minimum Gasteiger partial charge on any atom is -0.377 e. The van der Waals surface area contributed by atoms with E-state index in [9.17, 15) is 0 Å². The van der Waals surface area contributed by atoms with Gasteiger partial charge < -0.3 is 9.47 Å². The van der Waals surface area contributed by atoms with E-state index in [-0.39, 0.29) is 6.10 Å². The van der Waals surface area contributed by atoms with E-state index in [2.05, 4.69) is 35.2 Å². The third-order valence-electron chi connectivity index (χ3n) is 3.41. The molecular formula is C13H17NO2. The number of benzene rings is 1. The monoisotopic (exact) mass is 219 g/mol. The minimum atomic E-state index is 0.289. The summed E-state index contributed by atoms with van der Waals surface area (Å²) in [6, 6.07) is 11.1. The highest BCUT2D eigenvalue weighted by molar-refractivity contribution is 5.15. The molecule has 3 heteroatoms. The molecule has 0 N–H and O–H groups in total. The zero-order chi connectivity index (χ0) is 10.8. The Bertz CT molecular complexity index is 341. The first kappa shape index (κ1) is 10.3. The van der Waals surface area contributed by atoms with Crippen molar-refractivity contribution in [2.45, 2.75) is 18.7 Å². The van der Waals surface area contributed by atoms with Crippen LogP contribution in [0.15, 0.2) is 30.3 Å². The summed E-state index contributed by atoms with van der Waals surface area (Å²) >= 11 is 0. The number of nitrogens with zero attached hydrogens (tertiary/aromatic N) is 1. The fraction of sp³-hybridized carbons (Fsp3) is 0.538. The molecule has 0 aliphatic carbocycles. The van der Waals surface area contributed by atoms with Gasteiger partial charge in [-0.25, -0.2) is 0 Å². The third kappa shape index (κ3) is 1.98. The van der Waals surface area contributed by atoms with Crippen molar-refractivity contribution in [3.05, 3.63) is 35.9 Å². The second-order valence-corrected chi connectivity index (χ2v) is 4.47. The van der Waals surface area contributed by atoms with E-state index in [0.29, 0.717) is 6.04 Å². The molecule has 86 valence electrons. The van der Waals surface area contributed by atoms with Crippen molar-refractivity contribution in [3.63, 3.8) is 0 Å². The van der Waals surface area contributed by atoms with Gasteiger partial charge in [-0.3, -0.25) is 4.90 Å². The van der Waals surface area contributed by atoms with Gasteiger partial charge in [0.05, 0.1) is 32.0 Å². The fourth-order valence-corrected chi connectivity index (χ4v) is 2.52. The van der Waals surface area contributed by atoms with E-state index in [1.165, 1.54) is 5.56 Å². The summed E-state index contributed by atoms with van der Waals surface area (Å²) in [6.45, 7) is 4.43. The molecule has 0 spiro atoms. The van der Waals surface area contributed by atoms with Crippen LogP contribution in [0.2, 0.25) is 0 Å². The minimum absolute atomic E-state index is 0.289. The first-order valence-corrected chi connectivity index (χ1v) is 5.91. The molecule has 2 aliphatic rings. The van der Waals surface area contributed by atoms with Crippen molar-refractivity contribution in [3.8, 4) is 0 Å². The van der Waals surface area contributed by atoms with Crippen LogP contribution in [0.4, 0.5) is 0 Å². The predicted molar refractivity (Wildman–Crippen MR) is 61.2 cm³/mol. The molecule has 16 heavy (non-hydrogen) atoms. The van der Waals surface area contributed by atoms with Crippen LogP contribution in [-0.2, 0) is 16.0 Å². The van der Waals surface area contributed by atoms with Crippen molar-refractivity contribution in [2.75, 3.05) is 26.4 Å². The van der Waals surface area contributed by atoms with Crippen molar-refractivity contribution in [1.29, 1.82) is 0 Å². The largest absolute Gasteiger partial charge is 0.377 e. The van der Waals surface area contributed by atoms with Gasteiger partial charge in [-0.15, -0.1) is 0 Å². The predicted octanol–water partition coefficient (Wildman–Crippen LogP) is 1.29. The Hall–Kier alpha value is -0.900. The fourth-order valence-electron chi connectivity index (χ4n) is 2.52. The van der Waals surface area contributed by atoms with Crippen molar-refractivity contribution in [2.24, 2.45) is 0 Å². The number of fused-ring (bicyclic) bond motifs is 1. The molecule has 2 aliphatic heterocycles. The highest BCUT2D eigenvalue weighted by Gasteiger charge is 2.36. The summed E-state index contributed by atoms with van der Waals surface area (Å²) in [5, 5.41) is 0. The molecule has 0 saturated carbocycles. The van der Waals surface area contributed by atoms with Crippen molar-refractivity contribution >= 4 is 0 Å². The molecule has 1 aromatic rings. The van der Waals surface area contributed by atoms with Crippen LogP contribution >= 0.6 is 0 Å². The van der Waals surface area contributed by atoms with Gasteiger partial charge in [0.2, 0.25) is 0 Å². The van der Waals surface area contributed by atoms with Crippen molar-refractivity contribution < 1.29 is 9.47 Å². The maximum atomic E-state index is 5.70. The van der Waals surface area contributed by atoms with Crippen LogP contribution in [0.1, 0.15) is 5.56 Å². The molecule has 1 aromatic carbocycles. The summed E-state index contributed by atoms with van der Waals surface area (Å²) in [7, 11) is 0. The first-order chi connectivity index (χ1) is 7.93.